The first-order valence-corrected chi connectivity index (χ1v) is 10.8. The largest absolute Gasteiger partial charge is 0.496 e. The van der Waals surface area contributed by atoms with Crippen LogP contribution in [0.15, 0.2) is 48.8 Å². The van der Waals surface area contributed by atoms with E-state index in [1.807, 2.05) is 58.0 Å². The predicted octanol–water partition coefficient (Wildman–Crippen LogP) is 5.45. The molecule has 0 spiro atoms. The van der Waals surface area contributed by atoms with E-state index >= 15 is 0 Å². The van der Waals surface area contributed by atoms with E-state index in [1.165, 1.54) is 12.3 Å². The number of benzene rings is 1. The summed E-state index contributed by atoms with van der Waals surface area (Å²) in [5.74, 6) is 1.42. The third kappa shape index (κ3) is 9.48. The van der Waals surface area contributed by atoms with Crippen molar-refractivity contribution < 1.29 is 27.4 Å². The molecule has 186 valence electrons. The van der Waals surface area contributed by atoms with Crippen LogP contribution in [0.25, 0.3) is 11.4 Å². The van der Waals surface area contributed by atoms with Gasteiger partial charge < -0.3 is 14.2 Å². The molecule has 0 bridgehead atoms. The van der Waals surface area contributed by atoms with Crippen LogP contribution in [0.4, 0.5) is 13.2 Å². The van der Waals surface area contributed by atoms with Crippen LogP contribution in [0.5, 0.6) is 5.75 Å². The predicted molar refractivity (Wildman–Crippen MR) is 122 cm³/mol. The SMILES string of the molecule is CC(C)OCc1ccnn1CC(F)(F)F.COc1ccccc1-c1nccc(COC(C)C)n1. The lowest BCUT2D eigenvalue weighted by molar-refractivity contribution is -0.143. The van der Waals surface area contributed by atoms with Gasteiger partial charge in [-0.1, -0.05) is 12.1 Å². The van der Waals surface area contributed by atoms with Gasteiger partial charge in [0.15, 0.2) is 5.82 Å². The van der Waals surface area contributed by atoms with E-state index in [0.717, 1.165) is 21.7 Å². The van der Waals surface area contributed by atoms with Gasteiger partial charge in [-0.3, -0.25) is 4.68 Å². The molecule has 2 heterocycles. The summed E-state index contributed by atoms with van der Waals surface area (Å²) < 4.78 is 53.3. The molecule has 7 nitrogen and oxygen atoms in total. The van der Waals surface area contributed by atoms with Crippen molar-refractivity contribution in [1.82, 2.24) is 19.7 Å². The average molecular weight is 481 g/mol. The summed E-state index contributed by atoms with van der Waals surface area (Å²) in [5, 5.41) is 3.60. The number of rotatable bonds is 9. The second-order valence-electron chi connectivity index (χ2n) is 7.89. The first kappa shape index (κ1) is 27.3. The first-order valence-electron chi connectivity index (χ1n) is 10.8. The van der Waals surface area contributed by atoms with E-state index in [4.69, 9.17) is 14.2 Å². The zero-order valence-corrected chi connectivity index (χ0v) is 20.0. The third-order valence-corrected chi connectivity index (χ3v) is 4.32. The van der Waals surface area contributed by atoms with Crippen molar-refractivity contribution in [3.8, 4) is 17.1 Å². The molecule has 3 rings (SSSR count). The van der Waals surface area contributed by atoms with Crippen molar-refractivity contribution in [2.24, 2.45) is 0 Å². The number of hydrogen-bond donors (Lipinski definition) is 0. The minimum absolute atomic E-state index is 0.0146. The normalized spacial score (nSPS) is 11.5. The maximum absolute atomic E-state index is 12.1. The number of hydrogen-bond acceptors (Lipinski definition) is 6. The zero-order valence-electron chi connectivity index (χ0n) is 20.0. The van der Waals surface area contributed by atoms with Crippen LogP contribution >= 0.6 is 0 Å². The molecule has 0 aliphatic carbocycles. The molecule has 10 heteroatoms. The fourth-order valence-corrected chi connectivity index (χ4v) is 2.73. The summed E-state index contributed by atoms with van der Waals surface area (Å²) in [5.41, 5.74) is 2.18. The van der Waals surface area contributed by atoms with E-state index in [9.17, 15) is 13.2 Å². The molecule has 0 radical (unpaired) electrons. The lowest BCUT2D eigenvalue weighted by atomic mass is 10.2. The minimum atomic E-state index is -4.25. The lowest BCUT2D eigenvalue weighted by Crippen LogP contribution is -2.21. The van der Waals surface area contributed by atoms with Gasteiger partial charge >= 0.3 is 6.18 Å². The van der Waals surface area contributed by atoms with Crippen LogP contribution in [-0.4, -0.2) is 45.2 Å². The van der Waals surface area contributed by atoms with Gasteiger partial charge in [0, 0.05) is 12.4 Å². The van der Waals surface area contributed by atoms with Gasteiger partial charge in [-0.25, -0.2) is 9.97 Å². The van der Waals surface area contributed by atoms with Gasteiger partial charge in [0.25, 0.3) is 0 Å². The Bertz CT molecular complexity index is 1010. The molecule has 34 heavy (non-hydrogen) atoms. The van der Waals surface area contributed by atoms with E-state index in [0.29, 0.717) is 18.1 Å². The molecule has 0 aliphatic heterocycles. The topological polar surface area (TPSA) is 71.3 Å². The lowest BCUT2D eigenvalue weighted by Gasteiger charge is -2.11. The van der Waals surface area contributed by atoms with Crippen LogP contribution in [0, 0.1) is 0 Å². The number of para-hydroxylation sites is 1. The Hall–Kier alpha value is -2.98. The highest BCUT2D eigenvalue weighted by atomic mass is 19.4. The molecular weight excluding hydrogens is 449 g/mol. The first-order chi connectivity index (χ1) is 16.1. The van der Waals surface area contributed by atoms with Gasteiger partial charge in [-0.15, -0.1) is 0 Å². The molecule has 0 fully saturated rings. The summed E-state index contributed by atoms with van der Waals surface area (Å²) in [6.07, 6.45) is -0.999. The summed E-state index contributed by atoms with van der Waals surface area (Å²) in [7, 11) is 1.64. The number of aromatic nitrogens is 4. The van der Waals surface area contributed by atoms with Gasteiger partial charge in [-0.05, 0) is 52.0 Å². The van der Waals surface area contributed by atoms with Crippen molar-refractivity contribution in [1.29, 1.82) is 0 Å². The Labute approximate surface area is 197 Å². The van der Waals surface area contributed by atoms with E-state index in [2.05, 4.69) is 15.1 Å². The van der Waals surface area contributed by atoms with Gasteiger partial charge in [-0.2, -0.15) is 18.3 Å². The Balaban J connectivity index is 0.000000248. The highest BCUT2D eigenvalue weighted by Gasteiger charge is 2.29. The summed E-state index contributed by atoms with van der Waals surface area (Å²) in [4.78, 5) is 8.81. The van der Waals surface area contributed by atoms with Crippen LogP contribution in [0.3, 0.4) is 0 Å². The maximum Gasteiger partial charge on any atom is 0.408 e. The molecule has 0 amide bonds. The standard InChI is InChI=1S/C15H18N2O2.C9H13F3N2O/c1-11(2)19-10-12-8-9-16-15(17-12)13-6-4-5-7-14(13)18-3;1-7(2)15-5-8-3-4-13-14(8)6-9(10,11)12/h4-9,11H,10H2,1-3H3;3-4,7H,5-6H2,1-2H3. The molecule has 0 unspecified atom stereocenters. The van der Waals surface area contributed by atoms with Gasteiger partial charge in [0.05, 0.1) is 49.5 Å². The van der Waals surface area contributed by atoms with Gasteiger partial charge in [0.2, 0.25) is 0 Å². The molecule has 3 aromatic rings. The Morgan fingerprint density at radius 2 is 1.59 bits per heavy atom. The number of halogens is 3. The van der Waals surface area contributed by atoms with Crippen LogP contribution in [0.2, 0.25) is 0 Å². The van der Waals surface area contributed by atoms with Crippen LogP contribution in [0.1, 0.15) is 39.1 Å². The zero-order chi connectivity index (χ0) is 25.1. The molecule has 0 atom stereocenters. The average Bonchev–Trinajstić information content (AvgIpc) is 3.22. The van der Waals surface area contributed by atoms with Crippen molar-refractivity contribution in [3.63, 3.8) is 0 Å². The van der Waals surface area contributed by atoms with Crippen molar-refractivity contribution >= 4 is 0 Å². The molecule has 0 aliphatic rings. The fraction of sp³-hybridized carbons (Fsp3) is 0.458. The number of alkyl halides is 3. The quantitative estimate of drug-likeness (QED) is 0.406. The second-order valence-corrected chi connectivity index (χ2v) is 7.89. The molecule has 0 saturated carbocycles. The van der Waals surface area contributed by atoms with E-state index < -0.39 is 12.7 Å². The van der Waals surface area contributed by atoms with Crippen LogP contribution < -0.4 is 4.74 Å². The molecule has 0 saturated heterocycles. The Kier molecular flexibility index (Phi) is 10.5. The fourth-order valence-electron chi connectivity index (χ4n) is 2.73. The highest BCUT2D eigenvalue weighted by Crippen LogP contribution is 2.26. The second kappa shape index (κ2) is 13.0. The van der Waals surface area contributed by atoms with Gasteiger partial charge in [0.1, 0.15) is 12.3 Å². The summed E-state index contributed by atoms with van der Waals surface area (Å²) in [6.45, 7) is 7.21. The minimum Gasteiger partial charge on any atom is -0.496 e. The number of nitrogens with zero attached hydrogens (tertiary/aromatic N) is 4. The highest BCUT2D eigenvalue weighted by molar-refractivity contribution is 5.63. The monoisotopic (exact) mass is 480 g/mol. The van der Waals surface area contributed by atoms with Crippen molar-refractivity contribution in [2.45, 2.75) is 65.8 Å². The Morgan fingerprint density at radius 3 is 2.24 bits per heavy atom. The third-order valence-electron chi connectivity index (χ3n) is 4.32. The molecule has 2 aromatic heterocycles. The van der Waals surface area contributed by atoms with Crippen LogP contribution in [-0.2, 0) is 29.2 Å². The summed E-state index contributed by atoms with van der Waals surface area (Å²) >= 11 is 0. The van der Waals surface area contributed by atoms with E-state index in [-0.39, 0.29) is 18.8 Å². The smallest absolute Gasteiger partial charge is 0.408 e. The number of methoxy groups -OCH3 is 1. The molecule has 1 aromatic carbocycles. The van der Waals surface area contributed by atoms with Crippen molar-refractivity contribution in [3.05, 3.63) is 60.2 Å². The van der Waals surface area contributed by atoms with E-state index in [1.54, 1.807) is 13.3 Å². The molecular formula is C24H31F3N4O3. The summed E-state index contributed by atoms with van der Waals surface area (Å²) in [6, 6.07) is 11.1. The Morgan fingerprint density at radius 1 is 0.912 bits per heavy atom. The number of ether oxygens (including phenoxy) is 3. The molecule has 0 N–H and O–H groups in total. The maximum atomic E-state index is 12.1. The van der Waals surface area contributed by atoms with Crippen molar-refractivity contribution in [2.75, 3.05) is 7.11 Å².